The van der Waals surface area contributed by atoms with Gasteiger partial charge in [0.1, 0.15) is 6.04 Å². The third-order valence-electron chi connectivity index (χ3n) is 5.52. The SMILES string of the molecule is CCC(C)[C@@H]1C2CCC(C2)N1C(=O)[C@@H](NC(=O)OC)C(C)C. The first-order chi connectivity index (χ1) is 10.4. The van der Waals surface area contributed by atoms with Gasteiger partial charge in [0.25, 0.3) is 0 Å². The van der Waals surface area contributed by atoms with E-state index in [0.717, 1.165) is 19.3 Å². The topological polar surface area (TPSA) is 58.6 Å². The maximum atomic E-state index is 13.1. The lowest BCUT2D eigenvalue weighted by atomic mass is 9.86. The molecule has 0 spiro atoms. The average Bonchev–Trinajstić information content (AvgIpc) is 3.11. The van der Waals surface area contributed by atoms with Crippen molar-refractivity contribution in [2.24, 2.45) is 17.8 Å². The molecule has 1 heterocycles. The van der Waals surface area contributed by atoms with Crippen molar-refractivity contribution < 1.29 is 14.3 Å². The first-order valence-corrected chi connectivity index (χ1v) is 8.57. The number of carbonyl (C=O) groups excluding carboxylic acids is 2. The molecule has 1 aliphatic heterocycles. The standard InChI is InChI=1S/C17H30N2O3/c1-6-11(4)15-12-7-8-13(9-12)19(15)16(20)14(10(2)3)18-17(21)22-5/h10-15H,6-9H2,1-5H3,(H,18,21)/t11?,12?,13?,14-,15+/m0/s1. The molecule has 0 radical (unpaired) electrons. The van der Waals surface area contributed by atoms with E-state index in [4.69, 9.17) is 0 Å². The highest BCUT2D eigenvalue weighted by molar-refractivity contribution is 5.86. The minimum Gasteiger partial charge on any atom is -0.453 e. The molecule has 2 amide bonds. The number of amides is 2. The van der Waals surface area contributed by atoms with Gasteiger partial charge in [0.2, 0.25) is 5.91 Å². The average molecular weight is 310 g/mol. The van der Waals surface area contributed by atoms with Gasteiger partial charge < -0.3 is 15.0 Å². The molecule has 2 rings (SSSR count). The Bertz CT molecular complexity index is 424. The van der Waals surface area contributed by atoms with Gasteiger partial charge in [0, 0.05) is 12.1 Å². The van der Waals surface area contributed by atoms with E-state index in [0.29, 0.717) is 23.9 Å². The fourth-order valence-corrected chi connectivity index (χ4v) is 4.19. The van der Waals surface area contributed by atoms with Gasteiger partial charge in [0.15, 0.2) is 0 Å². The third kappa shape index (κ3) is 3.08. The number of likely N-dealkylation sites (tertiary alicyclic amines) is 1. The summed E-state index contributed by atoms with van der Waals surface area (Å²) in [5.74, 6) is 1.25. The number of fused-ring (bicyclic) bond motifs is 2. The van der Waals surface area contributed by atoms with Crippen LogP contribution >= 0.6 is 0 Å². The van der Waals surface area contributed by atoms with E-state index >= 15 is 0 Å². The molecule has 5 heteroatoms. The molecule has 2 aliphatic rings. The minimum absolute atomic E-state index is 0.0447. The Balaban J connectivity index is 2.19. The molecule has 1 N–H and O–H groups in total. The number of alkyl carbamates (subject to hydrolysis) is 1. The molecular weight excluding hydrogens is 280 g/mol. The first kappa shape index (κ1) is 17.1. The number of hydrogen-bond acceptors (Lipinski definition) is 3. The van der Waals surface area contributed by atoms with Crippen LogP contribution in [0.15, 0.2) is 0 Å². The van der Waals surface area contributed by atoms with Crippen molar-refractivity contribution >= 4 is 12.0 Å². The monoisotopic (exact) mass is 310 g/mol. The summed E-state index contributed by atoms with van der Waals surface area (Å²) in [5, 5.41) is 2.73. The highest BCUT2D eigenvalue weighted by Crippen LogP contribution is 2.46. The second-order valence-corrected chi connectivity index (χ2v) is 7.21. The van der Waals surface area contributed by atoms with Crippen LogP contribution in [0.1, 0.15) is 53.4 Å². The van der Waals surface area contributed by atoms with Crippen molar-refractivity contribution in [2.45, 2.75) is 71.5 Å². The highest BCUT2D eigenvalue weighted by atomic mass is 16.5. The number of nitrogens with zero attached hydrogens (tertiary/aromatic N) is 1. The number of rotatable bonds is 5. The Labute approximate surface area is 133 Å². The van der Waals surface area contributed by atoms with Crippen LogP contribution in [0, 0.1) is 17.8 Å². The van der Waals surface area contributed by atoms with Gasteiger partial charge in [-0.25, -0.2) is 4.79 Å². The number of ether oxygens (including phenoxy) is 1. The van der Waals surface area contributed by atoms with Crippen molar-refractivity contribution in [3.8, 4) is 0 Å². The van der Waals surface area contributed by atoms with Crippen LogP contribution in [-0.2, 0) is 9.53 Å². The lowest BCUT2D eigenvalue weighted by Crippen LogP contribution is -2.57. The van der Waals surface area contributed by atoms with Crippen molar-refractivity contribution in [1.82, 2.24) is 10.2 Å². The Morgan fingerprint density at radius 1 is 1.27 bits per heavy atom. The number of methoxy groups -OCH3 is 1. The smallest absolute Gasteiger partial charge is 0.407 e. The van der Waals surface area contributed by atoms with Gasteiger partial charge in [-0.2, -0.15) is 0 Å². The van der Waals surface area contributed by atoms with Gasteiger partial charge in [-0.3, -0.25) is 4.79 Å². The summed E-state index contributed by atoms with van der Waals surface area (Å²) in [6, 6.07) is 0.187. The number of hydrogen-bond donors (Lipinski definition) is 1. The molecule has 22 heavy (non-hydrogen) atoms. The van der Waals surface area contributed by atoms with Crippen LogP contribution in [0.3, 0.4) is 0 Å². The second-order valence-electron chi connectivity index (χ2n) is 7.21. The molecule has 0 aromatic rings. The van der Waals surface area contributed by atoms with E-state index in [1.54, 1.807) is 0 Å². The largest absolute Gasteiger partial charge is 0.453 e. The predicted octanol–water partition coefficient (Wildman–Crippen LogP) is 2.79. The van der Waals surface area contributed by atoms with E-state index in [2.05, 4.69) is 28.8 Å². The van der Waals surface area contributed by atoms with Gasteiger partial charge in [0.05, 0.1) is 7.11 Å². The lowest BCUT2D eigenvalue weighted by molar-refractivity contribution is -0.140. The molecule has 1 aliphatic carbocycles. The van der Waals surface area contributed by atoms with Crippen LogP contribution < -0.4 is 5.32 Å². The number of piperidine rings is 1. The molecule has 1 saturated heterocycles. The molecule has 2 bridgehead atoms. The summed E-state index contributed by atoms with van der Waals surface area (Å²) in [6.07, 6.45) is 4.02. The maximum Gasteiger partial charge on any atom is 0.407 e. The van der Waals surface area contributed by atoms with E-state index in [1.165, 1.54) is 13.5 Å². The predicted molar refractivity (Wildman–Crippen MR) is 85.4 cm³/mol. The van der Waals surface area contributed by atoms with Gasteiger partial charge in [-0.15, -0.1) is 0 Å². The fourth-order valence-electron chi connectivity index (χ4n) is 4.19. The van der Waals surface area contributed by atoms with E-state index in [1.807, 2.05) is 13.8 Å². The third-order valence-corrected chi connectivity index (χ3v) is 5.52. The van der Waals surface area contributed by atoms with Crippen LogP contribution in [-0.4, -0.2) is 42.1 Å². The second kappa shape index (κ2) is 6.88. The fraction of sp³-hybridized carbons (Fsp3) is 0.882. The van der Waals surface area contributed by atoms with Crippen molar-refractivity contribution in [1.29, 1.82) is 0 Å². The summed E-state index contributed by atoms with van der Waals surface area (Å²) in [4.78, 5) is 26.8. The van der Waals surface area contributed by atoms with Gasteiger partial charge in [-0.05, 0) is 37.0 Å². The molecule has 1 saturated carbocycles. The van der Waals surface area contributed by atoms with E-state index in [-0.39, 0.29) is 11.8 Å². The molecule has 5 nitrogen and oxygen atoms in total. The summed E-state index contributed by atoms with van der Waals surface area (Å²) in [7, 11) is 1.33. The van der Waals surface area contributed by atoms with Gasteiger partial charge in [-0.1, -0.05) is 34.1 Å². The van der Waals surface area contributed by atoms with Crippen LogP contribution in [0.25, 0.3) is 0 Å². The normalized spacial score (nSPS) is 29.5. The van der Waals surface area contributed by atoms with Crippen molar-refractivity contribution in [3.63, 3.8) is 0 Å². The summed E-state index contributed by atoms with van der Waals surface area (Å²) >= 11 is 0. The zero-order chi connectivity index (χ0) is 16.4. The van der Waals surface area contributed by atoms with Crippen LogP contribution in [0.4, 0.5) is 4.79 Å². The summed E-state index contributed by atoms with van der Waals surface area (Å²) in [5.41, 5.74) is 0. The van der Waals surface area contributed by atoms with Gasteiger partial charge >= 0.3 is 6.09 Å². The molecule has 3 unspecified atom stereocenters. The Morgan fingerprint density at radius 2 is 1.95 bits per heavy atom. The minimum atomic E-state index is -0.531. The quantitative estimate of drug-likeness (QED) is 0.849. The molecule has 0 aromatic heterocycles. The van der Waals surface area contributed by atoms with E-state index < -0.39 is 12.1 Å². The summed E-state index contributed by atoms with van der Waals surface area (Å²) < 4.78 is 4.68. The highest BCUT2D eigenvalue weighted by Gasteiger charge is 2.51. The zero-order valence-electron chi connectivity index (χ0n) is 14.5. The number of nitrogens with one attached hydrogen (secondary N) is 1. The maximum absolute atomic E-state index is 13.1. The van der Waals surface area contributed by atoms with E-state index in [9.17, 15) is 9.59 Å². The molecule has 2 fully saturated rings. The molecule has 5 atom stereocenters. The molecular formula is C17H30N2O3. The van der Waals surface area contributed by atoms with Crippen molar-refractivity contribution in [3.05, 3.63) is 0 Å². The Hall–Kier alpha value is -1.26. The van der Waals surface area contributed by atoms with Crippen molar-refractivity contribution in [2.75, 3.05) is 7.11 Å². The van der Waals surface area contributed by atoms with Crippen LogP contribution in [0.5, 0.6) is 0 Å². The summed E-state index contributed by atoms with van der Waals surface area (Å²) in [6.45, 7) is 8.35. The first-order valence-electron chi connectivity index (χ1n) is 8.57. The number of carbonyl (C=O) groups is 2. The van der Waals surface area contributed by atoms with Crippen LogP contribution in [0.2, 0.25) is 0 Å². The Kier molecular flexibility index (Phi) is 5.35. The molecule has 0 aromatic carbocycles. The lowest BCUT2D eigenvalue weighted by Gasteiger charge is -2.41. The molecule has 126 valence electrons. The zero-order valence-corrected chi connectivity index (χ0v) is 14.5. The Morgan fingerprint density at radius 3 is 2.50 bits per heavy atom.